The molecule has 5 nitrogen and oxygen atoms in total. The molecule has 19 heavy (non-hydrogen) atoms. The van der Waals surface area contributed by atoms with Gasteiger partial charge in [0.05, 0.1) is 19.8 Å². The van der Waals surface area contributed by atoms with Crippen molar-refractivity contribution in [2.24, 2.45) is 0 Å². The Balaban J connectivity index is 1.99. The van der Waals surface area contributed by atoms with E-state index in [1.54, 1.807) is 7.11 Å². The molecule has 5 heteroatoms. The van der Waals surface area contributed by atoms with Crippen LogP contribution in [0.5, 0.6) is 5.75 Å². The van der Waals surface area contributed by atoms with Crippen LogP contribution in [0.15, 0.2) is 24.3 Å². The van der Waals surface area contributed by atoms with E-state index in [2.05, 4.69) is 10.1 Å². The number of hydrogen-bond donors (Lipinski definition) is 1. The van der Waals surface area contributed by atoms with Crippen LogP contribution in [0.1, 0.15) is 24.7 Å². The maximum Gasteiger partial charge on any atom is 0.181 e. The first-order valence-corrected chi connectivity index (χ1v) is 6.52. The van der Waals surface area contributed by atoms with E-state index >= 15 is 0 Å². The number of fused-ring (bicyclic) bond motifs is 1. The van der Waals surface area contributed by atoms with E-state index in [0.29, 0.717) is 5.82 Å². The lowest BCUT2D eigenvalue weighted by Gasteiger charge is -2.20. The average molecular weight is 259 g/mol. The Labute approximate surface area is 111 Å². The fraction of sp³-hybridized carbons (Fsp3) is 0.429. The normalized spacial score (nSPS) is 18.1. The molecule has 1 unspecified atom stereocenters. The molecule has 0 radical (unpaired) electrons. The molecule has 1 aromatic heterocycles. The molecule has 2 heterocycles. The zero-order valence-electron chi connectivity index (χ0n) is 10.9. The monoisotopic (exact) mass is 259 g/mol. The van der Waals surface area contributed by atoms with Gasteiger partial charge in [-0.25, -0.2) is 9.67 Å². The Bertz CT molecular complexity index is 580. The lowest BCUT2D eigenvalue weighted by molar-refractivity contribution is 0.195. The van der Waals surface area contributed by atoms with Crippen LogP contribution in [0, 0.1) is 0 Å². The summed E-state index contributed by atoms with van der Waals surface area (Å²) >= 11 is 0. The number of rotatable bonds is 3. The SMILES string of the molecule is COc1cccc(-c2nc3n(n2)C(CO)CCC3)c1. The highest BCUT2D eigenvalue weighted by Gasteiger charge is 2.22. The highest BCUT2D eigenvalue weighted by atomic mass is 16.5. The third-order valence-electron chi connectivity index (χ3n) is 3.52. The van der Waals surface area contributed by atoms with Crippen molar-refractivity contribution in [2.75, 3.05) is 13.7 Å². The zero-order valence-corrected chi connectivity index (χ0v) is 10.9. The van der Waals surface area contributed by atoms with Gasteiger partial charge in [0.1, 0.15) is 11.6 Å². The summed E-state index contributed by atoms with van der Waals surface area (Å²) in [4.78, 5) is 4.58. The van der Waals surface area contributed by atoms with Crippen molar-refractivity contribution in [3.63, 3.8) is 0 Å². The van der Waals surface area contributed by atoms with Gasteiger partial charge in [0, 0.05) is 12.0 Å². The van der Waals surface area contributed by atoms with Gasteiger partial charge < -0.3 is 9.84 Å². The first kappa shape index (κ1) is 12.2. The highest BCUT2D eigenvalue weighted by Crippen LogP contribution is 2.27. The van der Waals surface area contributed by atoms with Gasteiger partial charge in [-0.15, -0.1) is 0 Å². The van der Waals surface area contributed by atoms with Crippen molar-refractivity contribution in [2.45, 2.75) is 25.3 Å². The zero-order chi connectivity index (χ0) is 13.2. The first-order valence-electron chi connectivity index (χ1n) is 6.52. The summed E-state index contributed by atoms with van der Waals surface area (Å²) in [6.45, 7) is 0.119. The second-order valence-corrected chi connectivity index (χ2v) is 4.76. The number of aryl methyl sites for hydroxylation is 1. The van der Waals surface area contributed by atoms with Crippen LogP contribution in [-0.2, 0) is 6.42 Å². The van der Waals surface area contributed by atoms with Crippen LogP contribution in [0.3, 0.4) is 0 Å². The second-order valence-electron chi connectivity index (χ2n) is 4.76. The molecule has 1 aliphatic rings. The molecule has 1 N–H and O–H groups in total. The van der Waals surface area contributed by atoms with Crippen molar-refractivity contribution in [1.82, 2.24) is 14.8 Å². The number of aliphatic hydroxyl groups is 1. The fourth-order valence-electron chi connectivity index (χ4n) is 2.49. The van der Waals surface area contributed by atoms with Crippen LogP contribution in [0.25, 0.3) is 11.4 Å². The summed E-state index contributed by atoms with van der Waals surface area (Å²) < 4.78 is 7.09. The molecule has 1 aromatic carbocycles. The summed E-state index contributed by atoms with van der Waals surface area (Å²) in [5.74, 6) is 2.46. The maximum absolute atomic E-state index is 9.39. The van der Waals surface area contributed by atoms with E-state index in [9.17, 15) is 5.11 Å². The topological polar surface area (TPSA) is 60.2 Å². The van der Waals surface area contributed by atoms with Crippen LogP contribution >= 0.6 is 0 Å². The molecule has 2 aromatic rings. The van der Waals surface area contributed by atoms with Gasteiger partial charge in [-0.05, 0) is 25.0 Å². The first-order chi connectivity index (χ1) is 9.31. The van der Waals surface area contributed by atoms with Gasteiger partial charge in [0.15, 0.2) is 5.82 Å². The molecular formula is C14H17N3O2. The lowest BCUT2D eigenvalue weighted by Crippen LogP contribution is -2.21. The number of nitrogens with zero attached hydrogens (tertiary/aromatic N) is 3. The van der Waals surface area contributed by atoms with Gasteiger partial charge in [-0.2, -0.15) is 5.10 Å². The summed E-state index contributed by atoms with van der Waals surface area (Å²) in [6.07, 6.45) is 2.94. The van der Waals surface area contributed by atoms with Crippen LogP contribution < -0.4 is 4.74 Å². The third-order valence-corrected chi connectivity index (χ3v) is 3.52. The smallest absolute Gasteiger partial charge is 0.181 e. The molecule has 0 bridgehead atoms. The Hall–Kier alpha value is -1.88. The number of aliphatic hydroxyl groups excluding tert-OH is 1. The maximum atomic E-state index is 9.39. The Morgan fingerprint density at radius 2 is 2.37 bits per heavy atom. The van der Waals surface area contributed by atoms with Gasteiger partial charge in [0.25, 0.3) is 0 Å². The Morgan fingerprint density at radius 1 is 1.47 bits per heavy atom. The molecule has 100 valence electrons. The summed E-state index contributed by atoms with van der Waals surface area (Å²) in [7, 11) is 1.65. The van der Waals surface area contributed by atoms with E-state index in [1.807, 2.05) is 28.9 Å². The molecule has 0 aliphatic carbocycles. The molecule has 0 spiro atoms. The number of methoxy groups -OCH3 is 1. The molecule has 1 aliphatic heterocycles. The van der Waals surface area contributed by atoms with E-state index in [1.165, 1.54) is 0 Å². The van der Waals surface area contributed by atoms with Gasteiger partial charge in [-0.1, -0.05) is 12.1 Å². The standard InChI is InChI=1S/C14H17N3O2/c1-19-12-6-2-4-10(8-12)14-15-13-7-3-5-11(9-18)17(13)16-14/h2,4,6,8,11,18H,3,5,7,9H2,1H3. The molecule has 0 saturated carbocycles. The lowest BCUT2D eigenvalue weighted by atomic mass is 10.1. The third kappa shape index (κ3) is 2.21. The quantitative estimate of drug-likeness (QED) is 0.913. The minimum absolute atomic E-state index is 0.0654. The molecule has 3 rings (SSSR count). The van der Waals surface area contributed by atoms with Crippen molar-refractivity contribution in [3.05, 3.63) is 30.1 Å². The van der Waals surface area contributed by atoms with Crippen molar-refractivity contribution in [1.29, 1.82) is 0 Å². The fourth-order valence-corrected chi connectivity index (χ4v) is 2.49. The van der Waals surface area contributed by atoms with Crippen LogP contribution in [0.2, 0.25) is 0 Å². The van der Waals surface area contributed by atoms with E-state index < -0.39 is 0 Å². The predicted molar refractivity (Wildman–Crippen MR) is 71.1 cm³/mol. The average Bonchev–Trinajstić information content (AvgIpc) is 2.91. The largest absolute Gasteiger partial charge is 0.497 e. The number of aromatic nitrogens is 3. The van der Waals surface area contributed by atoms with Gasteiger partial charge in [0.2, 0.25) is 0 Å². The predicted octanol–water partition coefficient (Wildman–Crippen LogP) is 1.82. The summed E-state index contributed by atoms with van der Waals surface area (Å²) in [6, 6.07) is 7.79. The van der Waals surface area contributed by atoms with Gasteiger partial charge >= 0.3 is 0 Å². The second kappa shape index (κ2) is 5.01. The van der Waals surface area contributed by atoms with Crippen molar-refractivity contribution in [3.8, 4) is 17.1 Å². The van der Waals surface area contributed by atoms with Crippen molar-refractivity contribution < 1.29 is 9.84 Å². The molecule has 1 atom stereocenters. The molecule has 0 saturated heterocycles. The summed E-state index contributed by atoms with van der Waals surface area (Å²) in [5, 5.41) is 13.9. The Morgan fingerprint density at radius 3 is 3.16 bits per heavy atom. The van der Waals surface area contributed by atoms with E-state index in [4.69, 9.17) is 4.74 Å². The number of ether oxygens (including phenoxy) is 1. The van der Waals surface area contributed by atoms with E-state index in [-0.39, 0.29) is 12.6 Å². The van der Waals surface area contributed by atoms with Crippen LogP contribution in [0.4, 0.5) is 0 Å². The van der Waals surface area contributed by atoms with E-state index in [0.717, 1.165) is 36.4 Å². The van der Waals surface area contributed by atoms with Crippen LogP contribution in [-0.4, -0.2) is 33.6 Å². The minimum atomic E-state index is 0.0654. The summed E-state index contributed by atoms with van der Waals surface area (Å²) in [5.41, 5.74) is 0.943. The molecule has 0 fully saturated rings. The molecular weight excluding hydrogens is 242 g/mol. The van der Waals surface area contributed by atoms with Crippen molar-refractivity contribution >= 4 is 0 Å². The number of hydrogen-bond acceptors (Lipinski definition) is 4. The van der Waals surface area contributed by atoms with Gasteiger partial charge in [-0.3, -0.25) is 0 Å². The minimum Gasteiger partial charge on any atom is -0.497 e. The molecule has 0 amide bonds. The number of benzene rings is 1. The highest BCUT2D eigenvalue weighted by molar-refractivity contribution is 5.57. The Kier molecular flexibility index (Phi) is 3.21.